The second-order valence-electron chi connectivity index (χ2n) is 3.41. The van der Waals surface area contributed by atoms with Crippen molar-refractivity contribution in [3.63, 3.8) is 0 Å². The molecule has 2 rings (SSSR count). The lowest BCUT2D eigenvalue weighted by Crippen LogP contribution is -2.37. The van der Waals surface area contributed by atoms with Crippen LogP contribution in [0.4, 0.5) is 0 Å². The van der Waals surface area contributed by atoms with E-state index in [0.717, 1.165) is 13.1 Å². The van der Waals surface area contributed by atoms with Gasteiger partial charge in [0.1, 0.15) is 0 Å². The Bertz CT molecular complexity index is 410. The van der Waals surface area contributed by atoms with Crippen molar-refractivity contribution < 1.29 is 13.2 Å². The molecule has 0 saturated carbocycles. The van der Waals surface area contributed by atoms with Crippen LogP contribution in [0.25, 0.3) is 0 Å². The third-order valence-electron chi connectivity index (χ3n) is 2.25. The fourth-order valence-corrected chi connectivity index (χ4v) is 2.83. The van der Waals surface area contributed by atoms with Crippen LogP contribution >= 0.6 is 15.9 Å². The smallest absolute Gasteiger partial charge is 0.225 e. The van der Waals surface area contributed by atoms with Crippen molar-refractivity contribution >= 4 is 29.7 Å². The topological polar surface area (TPSA) is 59.0 Å². The maximum Gasteiger partial charge on any atom is 0.225 e. The number of aliphatic imine (C=N–C) groups is 1. The fraction of sp³-hybridized carbons (Fsp3) is 0.625. The quantitative estimate of drug-likeness (QED) is 0.737. The Morgan fingerprint density at radius 2 is 2.13 bits per heavy atom. The summed E-state index contributed by atoms with van der Waals surface area (Å²) in [6.45, 7) is 3.61. The van der Waals surface area contributed by atoms with Crippen molar-refractivity contribution in [3.05, 3.63) is 11.1 Å². The van der Waals surface area contributed by atoms with E-state index in [2.05, 4.69) is 25.8 Å². The van der Waals surface area contributed by atoms with Crippen molar-refractivity contribution in [1.29, 1.82) is 0 Å². The zero-order valence-corrected chi connectivity index (χ0v) is 10.4. The summed E-state index contributed by atoms with van der Waals surface area (Å²) in [5.41, 5.74) is 0.587. The van der Waals surface area contributed by atoms with E-state index in [1.807, 2.05) is 0 Å². The molecule has 1 fully saturated rings. The molecule has 2 heterocycles. The van der Waals surface area contributed by atoms with Gasteiger partial charge in [0.2, 0.25) is 13.8 Å². The van der Waals surface area contributed by atoms with Gasteiger partial charge >= 0.3 is 0 Å². The number of sulfone groups is 1. The average Bonchev–Trinajstić information content (AvgIpc) is 2.42. The molecule has 0 aliphatic carbocycles. The first-order valence-electron chi connectivity index (χ1n) is 4.58. The number of rotatable bonds is 2. The van der Waals surface area contributed by atoms with E-state index in [1.165, 1.54) is 5.41 Å². The summed E-state index contributed by atoms with van der Waals surface area (Å²) in [4.78, 5) is 6.08. The first kappa shape index (κ1) is 11.3. The first-order chi connectivity index (χ1) is 7.08. The van der Waals surface area contributed by atoms with E-state index in [0.29, 0.717) is 25.5 Å². The number of hydrogen-bond donors (Lipinski definition) is 0. The lowest BCUT2D eigenvalue weighted by Gasteiger charge is -2.25. The van der Waals surface area contributed by atoms with Gasteiger partial charge in [0, 0.05) is 19.6 Å². The molecule has 2 aliphatic rings. The van der Waals surface area contributed by atoms with Gasteiger partial charge in [-0.2, -0.15) is 0 Å². The number of ether oxygens (including phenoxy) is 1. The average molecular weight is 295 g/mol. The predicted octanol–water partition coefficient (Wildman–Crippen LogP) is 0.339. The van der Waals surface area contributed by atoms with E-state index >= 15 is 0 Å². The molecule has 0 atom stereocenters. The zero-order valence-electron chi connectivity index (χ0n) is 8.02. The van der Waals surface area contributed by atoms with Crippen LogP contribution in [-0.4, -0.2) is 50.1 Å². The Hall–Kier alpha value is -0.240. The third-order valence-corrected chi connectivity index (χ3v) is 4.92. The highest BCUT2D eigenvalue weighted by molar-refractivity contribution is 9.21. The maximum absolute atomic E-state index is 11.3. The van der Waals surface area contributed by atoms with Gasteiger partial charge in [-0.05, 0) is 15.9 Å². The van der Waals surface area contributed by atoms with Crippen molar-refractivity contribution in [2.45, 2.75) is 0 Å². The Kier molecular flexibility index (Phi) is 3.24. The van der Waals surface area contributed by atoms with Gasteiger partial charge in [-0.1, -0.05) is 0 Å². The summed E-state index contributed by atoms with van der Waals surface area (Å²) in [6, 6.07) is 0. The molecule has 7 heteroatoms. The Morgan fingerprint density at radius 3 is 2.67 bits per heavy atom. The largest absolute Gasteiger partial charge is 0.379 e. The van der Waals surface area contributed by atoms with Gasteiger partial charge < -0.3 is 4.74 Å². The van der Waals surface area contributed by atoms with Crippen molar-refractivity contribution in [3.8, 4) is 0 Å². The maximum atomic E-state index is 11.3. The van der Waals surface area contributed by atoms with Gasteiger partial charge in [-0.15, -0.1) is 0 Å². The van der Waals surface area contributed by atoms with Crippen LogP contribution in [0.5, 0.6) is 0 Å². The van der Waals surface area contributed by atoms with Crippen molar-refractivity contribution in [1.82, 2.24) is 4.90 Å². The fourth-order valence-electron chi connectivity index (χ4n) is 1.49. The van der Waals surface area contributed by atoms with Crippen LogP contribution in [0.15, 0.2) is 16.1 Å². The Labute approximate surface area is 96.9 Å². The van der Waals surface area contributed by atoms with Crippen LogP contribution in [0.2, 0.25) is 0 Å². The van der Waals surface area contributed by atoms with Crippen LogP contribution in [0, 0.1) is 0 Å². The van der Waals surface area contributed by atoms with Gasteiger partial charge in [0.25, 0.3) is 0 Å². The molecule has 0 unspecified atom stereocenters. The predicted molar refractivity (Wildman–Crippen MR) is 60.6 cm³/mol. The van der Waals surface area contributed by atoms with Gasteiger partial charge in [-0.3, -0.25) is 4.90 Å². The molecule has 5 nitrogen and oxygen atoms in total. The minimum Gasteiger partial charge on any atom is -0.379 e. The summed E-state index contributed by atoms with van der Waals surface area (Å²) < 4.78 is 27.8. The van der Waals surface area contributed by atoms with Crippen LogP contribution < -0.4 is 0 Å². The van der Waals surface area contributed by atoms with Gasteiger partial charge in [0.15, 0.2) is 0 Å². The SMILES string of the molecule is O=S1(=O)C=C(CN2CCOCC2)N=C1Br. The molecular weight excluding hydrogens is 284 g/mol. The standard InChI is InChI=1S/C8H11BrN2O3S/c9-8-10-7(6-15(8,12)13)5-11-1-3-14-4-2-11/h6H,1-5H2. The molecule has 2 aliphatic heterocycles. The minimum atomic E-state index is -3.28. The van der Waals surface area contributed by atoms with Crippen LogP contribution in [0.1, 0.15) is 0 Å². The molecule has 0 bridgehead atoms. The lowest BCUT2D eigenvalue weighted by atomic mass is 10.4. The highest BCUT2D eigenvalue weighted by Gasteiger charge is 2.24. The lowest BCUT2D eigenvalue weighted by molar-refractivity contribution is 0.0422. The van der Waals surface area contributed by atoms with E-state index in [4.69, 9.17) is 4.74 Å². The second-order valence-corrected chi connectivity index (χ2v) is 6.40. The molecule has 0 amide bonds. The third kappa shape index (κ3) is 2.66. The minimum absolute atomic E-state index is 0.0123. The van der Waals surface area contributed by atoms with Crippen LogP contribution in [-0.2, 0) is 14.6 Å². The van der Waals surface area contributed by atoms with E-state index in [-0.39, 0.29) is 3.95 Å². The summed E-state index contributed by atoms with van der Waals surface area (Å²) in [7, 11) is -3.28. The van der Waals surface area contributed by atoms with Crippen LogP contribution in [0.3, 0.4) is 0 Å². The van der Waals surface area contributed by atoms with Gasteiger partial charge in [0.05, 0.1) is 24.3 Å². The normalized spacial score (nSPS) is 26.2. The zero-order chi connectivity index (χ0) is 10.9. The number of morpholine rings is 1. The highest BCUT2D eigenvalue weighted by Crippen LogP contribution is 2.19. The highest BCUT2D eigenvalue weighted by atomic mass is 79.9. The molecule has 0 aromatic rings. The molecule has 1 saturated heterocycles. The molecular formula is C8H11BrN2O3S. The Morgan fingerprint density at radius 1 is 1.47 bits per heavy atom. The van der Waals surface area contributed by atoms with Gasteiger partial charge in [-0.25, -0.2) is 13.4 Å². The summed E-state index contributed by atoms with van der Waals surface area (Å²) in [5.74, 6) is 0. The molecule has 0 aromatic carbocycles. The Balaban J connectivity index is 2.02. The molecule has 0 N–H and O–H groups in total. The number of nitrogens with zero attached hydrogens (tertiary/aromatic N) is 2. The number of halogens is 1. The molecule has 0 radical (unpaired) electrons. The number of hydrogen-bond acceptors (Lipinski definition) is 5. The van der Waals surface area contributed by atoms with Crippen molar-refractivity contribution in [2.24, 2.45) is 4.99 Å². The summed E-state index contributed by atoms with van der Waals surface area (Å²) >= 11 is 2.93. The van der Waals surface area contributed by atoms with E-state index in [1.54, 1.807) is 0 Å². The summed E-state index contributed by atoms with van der Waals surface area (Å²) in [6.07, 6.45) is 0. The first-order valence-corrected chi connectivity index (χ1v) is 6.92. The summed E-state index contributed by atoms with van der Waals surface area (Å²) in [5, 5.41) is 1.21. The molecule has 15 heavy (non-hydrogen) atoms. The van der Waals surface area contributed by atoms with Crippen molar-refractivity contribution in [2.75, 3.05) is 32.8 Å². The van der Waals surface area contributed by atoms with E-state index < -0.39 is 9.84 Å². The van der Waals surface area contributed by atoms with E-state index in [9.17, 15) is 8.42 Å². The molecule has 0 spiro atoms. The molecule has 84 valence electrons. The molecule has 0 aromatic heterocycles. The monoisotopic (exact) mass is 294 g/mol. The second kappa shape index (κ2) is 4.32.